The molecule has 9 rings (SSSR count). The fourth-order valence-electron chi connectivity index (χ4n) is 8.43. The van der Waals surface area contributed by atoms with Gasteiger partial charge in [0.2, 0.25) is 0 Å². The lowest BCUT2D eigenvalue weighted by Gasteiger charge is -2.31. The van der Waals surface area contributed by atoms with Crippen molar-refractivity contribution >= 4 is 21.9 Å². The van der Waals surface area contributed by atoms with E-state index in [0.29, 0.717) is 40.5 Å². The van der Waals surface area contributed by atoms with Gasteiger partial charge in [-0.2, -0.15) is 0 Å². The monoisotopic (exact) mass is 819 g/mol. The number of halogens is 1. The van der Waals surface area contributed by atoms with Crippen molar-refractivity contribution in [2.24, 2.45) is 0 Å². The standard InChI is InChI=1S/C57H52FN3O/c1-5-56(3,46-21-26-51(60-37-46)43-13-9-7-10-14-43)34-41-29-40(30-42(31-41)35-57(4,6-2)47-22-27-52(61-38-47)44-15-11-8-12-16-44)18-17-39-19-25-53(59-36-39)45-20-28-54-50(32-45)49-24-23-48(58)33-55(49)62-54/h7-16,19-33,36-38H,5-6,17-18,34-35H2,1-4H3/i17D2,18D2,23D,33D. The van der Waals surface area contributed by atoms with Crippen molar-refractivity contribution in [2.75, 3.05) is 0 Å². The summed E-state index contributed by atoms with van der Waals surface area (Å²) >= 11 is 0. The maximum atomic E-state index is 14.4. The molecule has 308 valence electrons. The molecule has 4 nitrogen and oxygen atoms in total. The number of aryl methyl sites for hydroxylation is 2. The smallest absolute Gasteiger partial charge is 0.138 e. The Bertz CT molecular complexity index is 3140. The molecule has 0 aliphatic carbocycles. The second-order valence-corrected chi connectivity index (χ2v) is 16.8. The van der Waals surface area contributed by atoms with Gasteiger partial charge in [-0.3, -0.25) is 15.0 Å². The van der Waals surface area contributed by atoms with Crippen LogP contribution in [0.1, 0.15) is 82.1 Å². The molecule has 0 spiro atoms. The number of nitrogens with zero attached hydrogens (tertiary/aromatic N) is 3. The third-order valence-corrected chi connectivity index (χ3v) is 12.6. The molecule has 4 heterocycles. The lowest BCUT2D eigenvalue weighted by molar-refractivity contribution is 0.444. The van der Waals surface area contributed by atoms with Crippen LogP contribution in [0, 0.1) is 5.82 Å². The molecule has 5 heteroatoms. The minimum absolute atomic E-state index is 0.0549. The van der Waals surface area contributed by atoms with Crippen molar-refractivity contribution in [1.82, 2.24) is 15.0 Å². The maximum Gasteiger partial charge on any atom is 0.138 e. The lowest BCUT2D eigenvalue weighted by atomic mass is 9.73. The normalized spacial score (nSPS) is 15.4. The molecule has 2 unspecified atom stereocenters. The van der Waals surface area contributed by atoms with Crippen LogP contribution >= 0.6 is 0 Å². The van der Waals surface area contributed by atoms with Crippen LogP contribution in [0.5, 0.6) is 0 Å². The maximum absolute atomic E-state index is 14.4. The first-order chi connectivity index (χ1) is 32.5. The van der Waals surface area contributed by atoms with Crippen LogP contribution in [0.2, 0.25) is 0 Å². The van der Waals surface area contributed by atoms with Crippen LogP contribution in [0.15, 0.2) is 175 Å². The SMILES string of the molecule is [2H]c1cc2c(oc3ccc(-c4ccc(C([2H])([2H])C([2H])([2H])c5cc(CC(C)(CC)c6ccc(-c7ccccc7)nc6)cc(CC(C)(CC)c6ccc(-c7ccccc7)nc6)c5)cn4)cc32)c([2H])c1F. The highest BCUT2D eigenvalue weighted by atomic mass is 19.1. The second-order valence-electron chi connectivity index (χ2n) is 16.8. The van der Waals surface area contributed by atoms with Crippen LogP contribution in [0.3, 0.4) is 0 Å². The van der Waals surface area contributed by atoms with E-state index in [4.69, 9.17) is 17.1 Å². The van der Waals surface area contributed by atoms with E-state index < -0.39 is 30.6 Å². The minimum Gasteiger partial charge on any atom is -0.456 e. The third-order valence-electron chi connectivity index (χ3n) is 12.6. The third kappa shape index (κ3) is 8.58. The van der Waals surface area contributed by atoms with E-state index >= 15 is 0 Å². The molecule has 9 aromatic rings. The molecular formula is C57H52FN3O. The van der Waals surface area contributed by atoms with Gasteiger partial charge in [-0.25, -0.2) is 4.39 Å². The molecule has 62 heavy (non-hydrogen) atoms. The predicted molar refractivity (Wildman–Crippen MR) is 253 cm³/mol. The number of fused-ring (bicyclic) bond motifs is 3. The Balaban J connectivity index is 1.07. The minimum atomic E-state index is -2.52. The average molecular weight is 820 g/mol. The molecule has 0 saturated carbocycles. The highest BCUT2D eigenvalue weighted by Gasteiger charge is 2.29. The molecular weight excluding hydrogens is 762 g/mol. The van der Waals surface area contributed by atoms with E-state index in [1.165, 1.54) is 12.3 Å². The molecule has 4 aromatic heterocycles. The van der Waals surface area contributed by atoms with Crippen LogP contribution in [-0.2, 0) is 36.4 Å². The number of hydrogen-bond acceptors (Lipinski definition) is 4. The summed E-state index contributed by atoms with van der Waals surface area (Å²) in [6, 6.07) is 43.3. The Morgan fingerprint density at radius 3 is 1.60 bits per heavy atom. The molecule has 0 amide bonds. The van der Waals surface area contributed by atoms with Crippen molar-refractivity contribution in [3.63, 3.8) is 0 Å². The fourth-order valence-corrected chi connectivity index (χ4v) is 8.43. The predicted octanol–water partition coefficient (Wildman–Crippen LogP) is 14.5. The van der Waals surface area contributed by atoms with Crippen LogP contribution < -0.4 is 0 Å². The Morgan fingerprint density at radius 1 is 0.532 bits per heavy atom. The van der Waals surface area contributed by atoms with Crippen molar-refractivity contribution in [3.8, 4) is 33.8 Å². The van der Waals surface area contributed by atoms with E-state index in [-0.39, 0.29) is 27.5 Å². The Labute approximate surface area is 373 Å². The number of pyridine rings is 3. The Morgan fingerprint density at radius 2 is 1.06 bits per heavy atom. The van der Waals surface area contributed by atoms with Gasteiger partial charge in [0, 0.05) is 57.6 Å². The average Bonchev–Trinajstić information content (AvgIpc) is 3.73. The first kappa shape index (κ1) is 33.9. The van der Waals surface area contributed by atoms with Gasteiger partial charge in [0.15, 0.2) is 0 Å². The van der Waals surface area contributed by atoms with Gasteiger partial charge >= 0.3 is 0 Å². The van der Waals surface area contributed by atoms with E-state index in [9.17, 15) is 9.87 Å². The number of benzene rings is 5. The molecule has 0 saturated heterocycles. The summed E-state index contributed by atoms with van der Waals surface area (Å²) in [5, 5.41) is 1.03. The van der Waals surface area contributed by atoms with E-state index in [1.807, 2.05) is 85.2 Å². The summed E-state index contributed by atoms with van der Waals surface area (Å²) in [6.45, 7) is 8.73. The number of hydrogen-bond donors (Lipinski definition) is 0. The van der Waals surface area contributed by atoms with Crippen molar-refractivity contribution in [3.05, 3.63) is 209 Å². The van der Waals surface area contributed by atoms with Crippen molar-refractivity contribution < 1.29 is 17.0 Å². The van der Waals surface area contributed by atoms with Crippen molar-refractivity contribution in [1.29, 1.82) is 0 Å². The van der Waals surface area contributed by atoms with Gasteiger partial charge in [-0.05, 0) is 131 Å². The van der Waals surface area contributed by atoms with E-state index in [1.54, 1.807) is 30.3 Å². The van der Waals surface area contributed by atoms with Crippen LogP contribution in [-0.4, -0.2) is 15.0 Å². The van der Waals surface area contributed by atoms with Gasteiger partial charge in [0.25, 0.3) is 0 Å². The van der Waals surface area contributed by atoms with Gasteiger partial charge in [-0.15, -0.1) is 0 Å². The zero-order chi connectivity index (χ0) is 48.0. The molecule has 0 aliphatic rings. The topological polar surface area (TPSA) is 51.8 Å². The summed E-state index contributed by atoms with van der Waals surface area (Å²) in [5.74, 6) is -0.949. The Hall–Kier alpha value is -6.72. The molecule has 2 atom stereocenters. The first-order valence-corrected chi connectivity index (χ1v) is 21.3. The van der Waals surface area contributed by atoms with Gasteiger partial charge in [0.05, 0.1) is 19.8 Å². The van der Waals surface area contributed by atoms with Crippen molar-refractivity contribution in [2.45, 2.75) is 77.0 Å². The molecule has 0 radical (unpaired) electrons. The van der Waals surface area contributed by atoms with Gasteiger partial charge < -0.3 is 4.42 Å². The summed E-state index contributed by atoms with van der Waals surface area (Å²) < 4.78 is 74.7. The quantitative estimate of drug-likeness (QED) is 0.110. The zero-order valence-corrected chi connectivity index (χ0v) is 35.5. The summed E-state index contributed by atoms with van der Waals surface area (Å²) in [6.07, 6.45) is 2.97. The second kappa shape index (κ2) is 17.3. The van der Waals surface area contributed by atoms with Gasteiger partial charge in [-0.1, -0.05) is 125 Å². The number of furan rings is 1. The summed E-state index contributed by atoms with van der Waals surface area (Å²) in [5.41, 5.74) is 8.99. The fraction of sp³-hybridized carbons (Fsp3) is 0.211. The lowest BCUT2D eigenvalue weighted by Crippen LogP contribution is -2.26. The zero-order valence-electron chi connectivity index (χ0n) is 41.5. The van der Waals surface area contributed by atoms with Crippen LogP contribution in [0.25, 0.3) is 55.7 Å². The molecule has 5 aromatic carbocycles. The summed E-state index contributed by atoms with van der Waals surface area (Å²) in [4.78, 5) is 14.4. The first-order valence-electron chi connectivity index (χ1n) is 24.3. The highest BCUT2D eigenvalue weighted by molar-refractivity contribution is 6.06. The molecule has 0 aliphatic heterocycles. The van der Waals surface area contributed by atoms with Crippen LogP contribution in [0.4, 0.5) is 4.39 Å². The largest absolute Gasteiger partial charge is 0.456 e. The molecule has 0 bridgehead atoms. The van der Waals surface area contributed by atoms with E-state index in [2.05, 4.69) is 63.0 Å². The van der Waals surface area contributed by atoms with E-state index in [0.717, 1.165) is 57.6 Å². The molecule has 0 N–H and O–H groups in total. The Kier molecular flexibility index (Phi) is 9.49. The number of aromatic nitrogens is 3. The highest BCUT2D eigenvalue weighted by Crippen LogP contribution is 2.37. The molecule has 0 fully saturated rings. The number of rotatable bonds is 14. The van der Waals surface area contributed by atoms with Gasteiger partial charge in [0.1, 0.15) is 17.0 Å². The summed E-state index contributed by atoms with van der Waals surface area (Å²) in [7, 11) is 0.